The van der Waals surface area contributed by atoms with Gasteiger partial charge in [0.25, 0.3) is 0 Å². The summed E-state index contributed by atoms with van der Waals surface area (Å²) in [6, 6.07) is 4.19. The van der Waals surface area contributed by atoms with Crippen molar-refractivity contribution in [1.29, 1.82) is 0 Å². The van der Waals surface area contributed by atoms with E-state index in [0.29, 0.717) is 5.92 Å². The normalized spacial score (nSPS) is 15.8. The molecule has 0 aliphatic heterocycles. The van der Waals surface area contributed by atoms with Crippen LogP contribution < -0.4 is 4.57 Å². The van der Waals surface area contributed by atoms with Crippen molar-refractivity contribution in [2.45, 2.75) is 0 Å². The molecule has 0 radical (unpaired) electrons. The maximum atomic E-state index is 2.18. The van der Waals surface area contributed by atoms with Crippen LogP contribution in [0.1, 0.15) is 5.56 Å². The van der Waals surface area contributed by atoms with Crippen molar-refractivity contribution in [3.63, 3.8) is 0 Å². The van der Waals surface area contributed by atoms with Crippen LogP contribution in [0.25, 0.3) is 6.08 Å². The lowest BCUT2D eigenvalue weighted by molar-refractivity contribution is -0.671. The van der Waals surface area contributed by atoms with Crippen LogP contribution in [0, 0.1) is 5.92 Å². The summed E-state index contributed by atoms with van der Waals surface area (Å²) in [6.45, 7) is 0. The Morgan fingerprint density at radius 1 is 1.06 bits per heavy atom. The average Bonchev–Trinajstić information content (AvgIpc) is 2.80. The minimum absolute atomic E-state index is 0.471. The first kappa shape index (κ1) is 10.6. The predicted octanol–water partition coefficient (Wildman–Crippen LogP) is 2.82. The molecule has 0 atom stereocenters. The zero-order chi connectivity index (χ0) is 11.2. The minimum atomic E-state index is 0.471. The second kappa shape index (κ2) is 5.26. The lowest BCUT2D eigenvalue weighted by atomic mass is 10.1. The molecule has 1 aliphatic rings. The van der Waals surface area contributed by atoms with Crippen molar-refractivity contribution in [3.8, 4) is 0 Å². The Morgan fingerprint density at radius 3 is 2.44 bits per heavy atom. The highest BCUT2D eigenvalue weighted by molar-refractivity contribution is 5.49. The Balaban J connectivity index is 1.91. The molecule has 0 fully saturated rings. The maximum absolute atomic E-state index is 2.18. The van der Waals surface area contributed by atoms with E-state index >= 15 is 0 Å². The average molecular weight is 210 g/mol. The van der Waals surface area contributed by atoms with Crippen LogP contribution >= 0.6 is 0 Å². The second-order valence-electron chi connectivity index (χ2n) is 3.89. The predicted molar refractivity (Wildman–Crippen MR) is 67.6 cm³/mol. The summed E-state index contributed by atoms with van der Waals surface area (Å²) in [6.07, 6.45) is 21.1. The van der Waals surface area contributed by atoms with Gasteiger partial charge >= 0.3 is 0 Å². The first-order valence-corrected chi connectivity index (χ1v) is 5.50. The van der Waals surface area contributed by atoms with Crippen LogP contribution in [0.4, 0.5) is 0 Å². The van der Waals surface area contributed by atoms with Gasteiger partial charge in [0.2, 0.25) is 0 Å². The van der Waals surface area contributed by atoms with Crippen LogP contribution in [0.15, 0.2) is 67.1 Å². The summed E-state index contributed by atoms with van der Waals surface area (Å²) in [5, 5.41) is 0. The Morgan fingerprint density at radius 2 is 1.75 bits per heavy atom. The molecule has 0 spiro atoms. The number of hydrogen-bond donors (Lipinski definition) is 0. The second-order valence-corrected chi connectivity index (χ2v) is 3.89. The first-order chi connectivity index (χ1) is 7.84. The molecule has 0 unspecified atom stereocenters. The number of aromatic nitrogens is 1. The number of rotatable bonds is 3. The van der Waals surface area contributed by atoms with E-state index in [4.69, 9.17) is 0 Å². The third-order valence-corrected chi connectivity index (χ3v) is 2.52. The molecule has 1 aliphatic carbocycles. The zero-order valence-corrected chi connectivity index (χ0v) is 9.45. The van der Waals surface area contributed by atoms with Crippen LogP contribution in [0.2, 0.25) is 0 Å². The van der Waals surface area contributed by atoms with Crippen LogP contribution in [0.5, 0.6) is 0 Å². The molecule has 1 heterocycles. The van der Waals surface area contributed by atoms with E-state index in [0.717, 1.165) is 0 Å². The third kappa shape index (κ3) is 3.06. The van der Waals surface area contributed by atoms with E-state index in [9.17, 15) is 0 Å². The van der Waals surface area contributed by atoms with Crippen molar-refractivity contribution < 1.29 is 4.57 Å². The van der Waals surface area contributed by atoms with Gasteiger partial charge in [-0.25, -0.2) is 4.57 Å². The molecule has 1 aromatic rings. The van der Waals surface area contributed by atoms with Gasteiger partial charge in [-0.3, -0.25) is 0 Å². The third-order valence-electron chi connectivity index (χ3n) is 2.52. The summed E-state index contributed by atoms with van der Waals surface area (Å²) in [7, 11) is 2.02. The van der Waals surface area contributed by atoms with Gasteiger partial charge in [0.15, 0.2) is 12.4 Å². The number of nitrogens with zero attached hydrogens (tertiary/aromatic N) is 1. The first-order valence-electron chi connectivity index (χ1n) is 5.50. The summed E-state index contributed by atoms with van der Waals surface area (Å²) < 4.78 is 2.03. The van der Waals surface area contributed by atoms with Gasteiger partial charge < -0.3 is 0 Å². The molecule has 1 heteroatoms. The molecule has 16 heavy (non-hydrogen) atoms. The van der Waals surface area contributed by atoms with Crippen molar-refractivity contribution in [2.24, 2.45) is 13.0 Å². The van der Waals surface area contributed by atoms with Gasteiger partial charge in [0, 0.05) is 18.1 Å². The van der Waals surface area contributed by atoms with Crippen LogP contribution in [-0.4, -0.2) is 0 Å². The smallest absolute Gasteiger partial charge is 0.169 e. The molecule has 0 aromatic carbocycles. The SMILES string of the molecule is C[n+]1ccc(/C=C/C=C/C2C=CC=C2)cc1. The molecule has 0 amide bonds. The molecular weight excluding hydrogens is 194 g/mol. The molecule has 2 rings (SSSR count). The van der Waals surface area contributed by atoms with Gasteiger partial charge in [-0.1, -0.05) is 48.6 Å². The quantitative estimate of drug-likeness (QED) is 0.533. The molecule has 1 aromatic heterocycles. The fourth-order valence-corrected chi connectivity index (χ4v) is 1.56. The summed E-state index contributed by atoms with van der Waals surface area (Å²) in [5.41, 5.74) is 1.22. The van der Waals surface area contributed by atoms with Crippen LogP contribution in [-0.2, 0) is 7.05 Å². The zero-order valence-electron chi connectivity index (χ0n) is 9.45. The number of aryl methyl sites for hydroxylation is 1. The van der Waals surface area contributed by atoms with Crippen molar-refractivity contribution >= 4 is 6.08 Å². The topological polar surface area (TPSA) is 3.88 Å². The molecule has 0 saturated heterocycles. The summed E-state index contributed by atoms with van der Waals surface area (Å²) in [5.74, 6) is 0.471. The van der Waals surface area contributed by atoms with Crippen molar-refractivity contribution in [2.75, 3.05) is 0 Å². The fraction of sp³-hybridized carbons (Fsp3) is 0.133. The fourth-order valence-electron chi connectivity index (χ4n) is 1.56. The lowest BCUT2D eigenvalue weighted by Gasteiger charge is -1.92. The summed E-state index contributed by atoms with van der Waals surface area (Å²) >= 11 is 0. The Kier molecular flexibility index (Phi) is 3.50. The van der Waals surface area contributed by atoms with E-state index in [1.807, 2.05) is 24.0 Å². The van der Waals surface area contributed by atoms with Crippen LogP contribution in [0.3, 0.4) is 0 Å². The number of allylic oxidation sites excluding steroid dienone is 7. The van der Waals surface area contributed by atoms with E-state index in [2.05, 4.69) is 60.7 Å². The Hall–Kier alpha value is -1.89. The lowest BCUT2D eigenvalue weighted by Crippen LogP contribution is -2.25. The molecule has 0 bridgehead atoms. The highest BCUT2D eigenvalue weighted by Gasteiger charge is 1.95. The van der Waals surface area contributed by atoms with Gasteiger partial charge in [-0.15, -0.1) is 0 Å². The summed E-state index contributed by atoms with van der Waals surface area (Å²) in [4.78, 5) is 0. The van der Waals surface area contributed by atoms with E-state index in [-0.39, 0.29) is 0 Å². The maximum Gasteiger partial charge on any atom is 0.169 e. The van der Waals surface area contributed by atoms with Gasteiger partial charge in [0.1, 0.15) is 7.05 Å². The largest absolute Gasteiger partial charge is 0.208 e. The van der Waals surface area contributed by atoms with E-state index in [1.54, 1.807) is 0 Å². The van der Waals surface area contributed by atoms with Gasteiger partial charge in [-0.05, 0) is 5.56 Å². The highest BCUT2D eigenvalue weighted by Crippen LogP contribution is 2.10. The highest BCUT2D eigenvalue weighted by atomic mass is 14.9. The monoisotopic (exact) mass is 210 g/mol. The molecule has 80 valence electrons. The Bertz CT molecular complexity index is 435. The Labute approximate surface area is 96.7 Å². The van der Waals surface area contributed by atoms with E-state index < -0.39 is 0 Å². The standard InChI is InChI=1S/C15H16N/c1-16-12-10-15(11-13-16)9-5-4-8-14-6-2-3-7-14/h2-14H,1H3/q+1/b8-4+,9-5+. The molecular formula is C15H16N+. The number of hydrogen-bond acceptors (Lipinski definition) is 0. The molecule has 1 nitrogen and oxygen atoms in total. The van der Waals surface area contributed by atoms with Crippen molar-refractivity contribution in [3.05, 3.63) is 72.6 Å². The molecule has 0 saturated carbocycles. The van der Waals surface area contributed by atoms with E-state index in [1.165, 1.54) is 5.56 Å². The van der Waals surface area contributed by atoms with Crippen molar-refractivity contribution in [1.82, 2.24) is 0 Å². The van der Waals surface area contributed by atoms with Gasteiger partial charge in [-0.2, -0.15) is 0 Å². The van der Waals surface area contributed by atoms with Gasteiger partial charge in [0.05, 0.1) is 0 Å². The molecule has 0 N–H and O–H groups in total. The minimum Gasteiger partial charge on any atom is -0.208 e. The number of pyridine rings is 1.